The van der Waals surface area contributed by atoms with Gasteiger partial charge in [0.25, 0.3) is 0 Å². The molecule has 96 valence electrons. The molecular weight excluding hydrogens is 224 g/mol. The Labute approximate surface area is 108 Å². The zero-order valence-electron chi connectivity index (χ0n) is 10.7. The molecule has 18 heavy (non-hydrogen) atoms. The molecule has 2 aliphatic rings. The highest BCUT2D eigenvalue weighted by Gasteiger charge is 2.21. The number of hydrogen-bond donors (Lipinski definition) is 1. The summed E-state index contributed by atoms with van der Waals surface area (Å²) >= 11 is 0. The molecule has 1 N–H and O–H groups in total. The highest BCUT2D eigenvalue weighted by Crippen LogP contribution is 2.29. The van der Waals surface area contributed by atoms with Crippen LogP contribution in [0.1, 0.15) is 17.5 Å². The Kier molecular flexibility index (Phi) is 3.35. The van der Waals surface area contributed by atoms with E-state index in [4.69, 9.17) is 5.11 Å². The van der Waals surface area contributed by atoms with Crippen LogP contribution < -0.4 is 0 Å². The fourth-order valence-corrected chi connectivity index (χ4v) is 2.89. The SMILES string of the molecule is OCN1CCN(C2=CCCc3ccccc32)CC1. The first-order valence-electron chi connectivity index (χ1n) is 6.75. The highest BCUT2D eigenvalue weighted by atomic mass is 16.3. The maximum absolute atomic E-state index is 9.14. The number of benzene rings is 1. The third-order valence-corrected chi connectivity index (χ3v) is 3.96. The van der Waals surface area contributed by atoms with Gasteiger partial charge >= 0.3 is 0 Å². The highest BCUT2D eigenvalue weighted by molar-refractivity contribution is 5.68. The molecule has 0 spiro atoms. The zero-order valence-corrected chi connectivity index (χ0v) is 10.7. The second-order valence-corrected chi connectivity index (χ2v) is 5.03. The summed E-state index contributed by atoms with van der Waals surface area (Å²) in [6.45, 7) is 4.12. The molecule has 1 aliphatic heterocycles. The van der Waals surface area contributed by atoms with Gasteiger partial charge in [-0.1, -0.05) is 30.3 Å². The third-order valence-electron chi connectivity index (χ3n) is 3.96. The molecule has 0 aromatic heterocycles. The van der Waals surface area contributed by atoms with Crippen LogP contribution in [0.4, 0.5) is 0 Å². The summed E-state index contributed by atoms with van der Waals surface area (Å²) in [6, 6.07) is 8.73. The van der Waals surface area contributed by atoms with Crippen LogP contribution in [0.3, 0.4) is 0 Å². The van der Waals surface area contributed by atoms with Gasteiger partial charge in [0.15, 0.2) is 0 Å². The lowest BCUT2D eigenvalue weighted by Crippen LogP contribution is -2.45. The molecule has 3 heteroatoms. The molecule has 0 radical (unpaired) electrons. The van der Waals surface area contributed by atoms with E-state index in [9.17, 15) is 0 Å². The summed E-state index contributed by atoms with van der Waals surface area (Å²) in [5.41, 5.74) is 4.27. The van der Waals surface area contributed by atoms with Gasteiger partial charge in [-0.25, -0.2) is 0 Å². The van der Waals surface area contributed by atoms with E-state index >= 15 is 0 Å². The van der Waals surface area contributed by atoms with Crippen molar-refractivity contribution in [1.29, 1.82) is 0 Å². The molecule has 0 unspecified atom stereocenters. The molecule has 3 nitrogen and oxygen atoms in total. The van der Waals surface area contributed by atoms with Gasteiger partial charge in [0, 0.05) is 37.4 Å². The molecule has 1 aromatic carbocycles. The van der Waals surface area contributed by atoms with Gasteiger partial charge in [-0.3, -0.25) is 4.90 Å². The zero-order chi connectivity index (χ0) is 12.4. The molecule has 1 heterocycles. The summed E-state index contributed by atoms with van der Waals surface area (Å²) in [7, 11) is 0. The minimum atomic E-state index is 0.184. The van der Waals surface area contributed by atoms with Crippen molar-refractivity contribution in [2.75, 3.05) is 32.9 Å². The van der Waals surface area contributed by atoms with Crippen LogP contribution in [-0.4, -0.2) is 47.8 Å². The Bertz CT molecular complexity index is 448. The van der Waals surface area contributed by atoms with Crippen molar-refractivity contribution < 1.29 is 5.11 Å². The molecular formula is C15H20N2O. The smallest absolute Gasteiger partial charge is 0.0957 e. The maximum atomic E-state index is 9.14. The number of allylic oxidation sites excluding steroid dienone is 1. The number of fused-ring (bicyclic) bond motifs is 1. The summed E-state index contributed by atoms with van der Waals surface area (Å²) in [4.78, 5) is 4.55. The summed E-state index contributed by atoms with van der Waals surface area (Å²) in [5.74, 6) is 0. The topological polar surface area (TPSA) is 26.7 Å². The van der Waals surface area contributed by atoms with Crippen molar-refractivity contribution >= 4 is 5.70 Å². The van der Waals surface area contributed by atoms with E-state index in [1.54, 1.807) is 0 Å². The molecule has 3 rings (SSSR count). The van der Waals surface area contributed by atoms with Gasteiger partial charge in [-0.15, -0.1) is 0 Å². The maximum Gasteiger partial charge on any atom is 0.0957 e. The first-order valence-corrected chi connectivity index (χ1v) is 6.75. The van der Waals surface area contributed by atoms with E-state index in [1.165, 1.54) is 16.8 Å². The van der Waals surface area contributed by atoms with Crippen LogP contribution in [0.5, 0.6) is 0 Å². The predicted octanol–water partition coefficient (Wildman–Crippen LogP) is 1.54. The summed E-state index contributed by atoms with van der Waals surface area (Å²) in [5, 5.41) is 9.14. The first-order chi connectivity index (χ1) is 8.88. The van der Waals surface area contributed by atoms with Crippen molar-refractivity contribution in [3.8, 4) is 0 Å². The normalized spacial score (nSPS) is 20.5. The average molecular weight is 244 g/mol. The first kappa shape index (κ1) is 11.8. The molecule has 0 atom stereocenters. The molecule has 0 amide bonds. The van der Waals surface area contributed by atoms with Crippen LogP contribution in [0.2, 0.25) is 0 Å². The van der Waals surface area contributed by atoms with E-state index in [-0.39, 0.29) is 6.73 Å². The molecule has 1 aliphatic carbocycles. The number of piperazine rings is 1. The predicted molar refractivity (Wildman–Crippen MR) is 73.0 cm³/mol. The molecule has 0 saturated carbocycles. The Balaban J connectivity index is 1.79. The molecule has 1 fully saturated rings. The fraction of sp³-hybridized carbons (Fsp3) is 0.467. The van der Waals surface area contributed by atoms with Crippen molar-refractivity contribution in [3.63, 3.8) is 0 Å². The number of aliphatic hydroxyl groups excluding tert-OH is 1. The van der Waals surface area contributed by atoms with Crippen molar-refractivity contribution in [2.24, 2.45) is 0 Å². The molecule has 0 bridgehead atoms. The van der Waals surface area contributed by atoms with Crippen molar-refractivity contribution in [2.45, 2.75) is 12.8 Å². The lowest BCUT2D eigenvalue weighted by molar-refractivity contribution is 0.0715. The van der Waals surface area contributed by atoms with Gasteiger partial charge in [0.2, 0.25) is 0 Å². The number of rotatable bonds is 2. The minimum absolute atomic E-state index is 0.184. The van der Waals surface area contributed by atoms with Crippen LogP contribution >= 0.6 is 0 Å². The standard InChI is InChI=1S/C15H20N2O/c18-12-16-8-10-17(11-9-16)15-7-3-5-13-4-1-2-6-14(13)15/h1-2,4,6-7,18H,3,5,8-12H2. The fourth-order valence-electron chi connectivity index (χ4n) is 2.89. The molecule has 1 aromatic rings. The van der Waals surface area contributed by atoms with E-state index in [0.717, 1.165) is 39.0 Å². The lowest BCUT2D eigenvalue weighted by atomic mass is 9.94. The lowest BCUT2D eigenvalue weighted by Gasteiger charge is -2.38. The monoisotopic (exact) mass is 244 g/mol. The van der Waals surface area contributed by atoms with Crippen LogP contribution in [0.25, 0.3) is 5.70 Å². The van der Waals surface area contributed by atoms with E-state index in [1.807, 2.05) is 0 Å². The second-order valence-electron chi connectivity index (χ2n) is 5.03. The average Bonchev–Trinajstić information content (AvgIpc) is 2.47. The Morgan fingerprint density at radius 1 is 1.06 bits per heavy atom. The number of nitrogens with zero attached hydrogens (tertiary/aromatic N) is 2. The number of aliphatic hydroxyl groups is 1. The third kappa shape index (κ3) is 2.16. The van der Waals surface area contributed by atoms with Crippen LogP contribution in [0.15, 0.2) is 30.3 Å². The van der Waals surface area contributed by atoms with Gasteiger partial charge in [0.05, 0.1) is 6.73 Å². The minimum Gasteiger partial charge on any atom is -0.381 e. The van der Waals surface area contributed by atoms with Gasteiger partial charge in [0.1, 0.15) is 0 Å². The van der Waals surface area contributed by atoms with E-state index in [0.29, 0.717) is 0 Å². The summed E-state index contributed by atoms with van der Waals surface area (Å²) in [6.07, 6.45) is 4.68. The van der Waals surface area contributed by atoms with Crippen LogP contribution in [0, 0.1) is 0 Å². The number of aryl methyl sites for hydroxylation is 1. The Morgan fingerprint density at radius 3 is 2.61 bits per heavy atom. The number of hydrogen-bond acceptors (Lipinski definition) is 3. The van der Waals surface area contributed by atoms with Crippen LogP contribution in [-0.2, 0) is 6.42 Å². The largest absolute Gasteiger partial charge is 0.381 e. The van der Waals surface area contributed by atoms with Gasteiger partial charge < -0.3 is 10.0 Å². The van der Waals surface area contributed by atoms with Crippen molar-refractivity contribution in [3.05, 3.63) is 41.5 Å². The Hall–Kier alpha value is -1.32. The van der Waals surface area contributed by atoms with Crippen molar-refractivity contribution in [1.82, 2.24) is 9.80 Å². The van der Waals surface area contributed by atoms with Gasteiger partial charge in [-0.2, -0.15) is 0 Å². The van der Waals surface area contributed by atoms with Gasteiger partial charge in [-0.05, 0) is 18.4 Å². The Morgan fingerprint density at radius 2 is 1.83 bits per heavy atom. The van der Waals surface area contributed by atoms with E-state index in [2.05, 4.69) is 40.1 Å². The quantitative estimate of drug-likeness (QED) is 0.855. The molecule has 1 saturated heterocycles. The van der Waals surface area contributed by atoms with E-state index < -0.39 is 0 Å². The summed E-state index contributed by atoms with van der Waals surface area (Å²) < 4.78 is 0. The second kappa shape index (κ2) is 5.12.